The van der Waals surface area contributed by atoms with E-state index in [9.17, 15) is 0 Å². The van der Waals surface area contributed by atoms with Gasteiger partial charge in [0, 0.05) is 11.8 Å². The predicted molar refractivity (Wildman–Crippen MR) is 120 cm³/mol. The van der Waals surface area contributed by atoms with Crippen molar-refractivity contribution < 1.29 is 4.74 Å². The van der Waals surface area contributed by atoms with Crippen LogP contribution in [0.5, 0.6) is 5.75 Å². The predicted octanol–water partition coefficient (Wildman–Crippen LogP) is 4.55. The number of nitrogens with one attached hydrogen (secondary N) is 3. The van der Waals surface area contributed by atoms with Crippen LogP contribution in [0, 0.1) is 5.41 Å². The summed E-state index contributed by atoms with van der Waals surface area (Å²) in [6.07, 6.45) is 1.83. The Hall–Kier alpha value is -4.06. The molecular formula is C24H23N5O. The molecule has 0 aliphatic rings. The Morgan fingerprint density at radius 3 is 2.47 bits per heavy atom. The van der Waals surface area contributed by atoms with Crippen molar-refractivity contribution in [2.45, 2.75) is 13.2 Å². The first-order chi connectivity index (χ1) is 14.7. The minimum Gasteiger partial charge on any atom is -0.488 e. The lowest BCUT2D eigenvalue weighted by Crippen LogP contribution is -2.13. The van der Waals surface area contributed by atoms with Crippen LogP contribution in [0.15, 0.2) is 85.1 Å². The van der Waals surface area contributed by atoms with E-state index in [1.807, 2.05) is 79.0 Å². The third-order valence-electron chi connectivity index (χ3n) is 4.68. The van der Waals surface area contributed by atoms with E-state index in [2.05, 4.69) is 15.3 Å². The SMILES string of the molecule is N=C(N)c1ccc(NCc2ncc(-c3ccccc3)[nH]2)cc1OCc1ccccc1. The van der Waals surface area contributed by atoms with Gasteiger partial charge in [0.25, 0.3) is 0 Å². The van der Waals surface area contributed by atoms with Crippen molar-refractivity contribution >= 4 is 11.5 Å². The fourth-order valence-electron chi connectivity index (χ4n) is 3.11. The van der Waals surface area contributed by atoms with Gasteiger partial charge in [0.1, 0.15) is 24.0 Å². The number of nitrogens with zero attached hydrogens (tertiary/aromatic N) is 1. The molecule has 0 atom stereocenters. The second kappa shape index (κ2) is 8.96. The maximum atomic E-state index is 7.81. The lowest BCUT2D eigenvalue weighted by molar-refractivity contribution is 0.306. The summed E-state index contributed by atoms with van der Waals surface area (Å²) < 4.78 is 5.95. The van der Waals surface area contributed by atoms with Gasteiger partial charge in [-0.25, -0.2) is 4.98 Å². The van der Waals surface area contributed by atoms with Gasteiger partial charge in [0.15, 0.2) is 0 Å². The van der Waals surface area contributed by atoms with Crippen LogP contribution < -0.4 is 15.8 Å². The van der Waals surface area contributed by atoms with Gasteiger partial charge in [-0.05, 0) is 23.3 Å². The van der Waals surface area contributed by atoms with Crippen molar-refractivity contribution in [2.24, 2.45) is 5.73 Å². The molecule has 150 valence electrons. The number of H-pyrrole nitrogens is 1. The van der Waals surface area contributed by atoms with Crippen LogP contribution in [0.25, 0.3) is 11.3 Å². The molecule has 0 amide bonds. The fraction of sp³-hybridized carbons (Fsp3) is 0.0833. The number of amidine groups is 1. The van der Waals surface area contributed by atoms with Crippen LogP contribution >= 0.6 is 0 Å². The van der Waals surface area contributed by atoms with Gasteiger partial charge >= 0.3 is 0 Å². The van der Waals surface area contributed by atoms with Crippen LogP contribution in [-0.4, -0.2) is 15.8 Å². The molecule has 0 aliphatic carbocycles. The number of anilines is 1. The number of nitrogens with two attached hydrogens (primary N) is 1. The number of hydrogen-bond donors (Lipinski definition) is 4. The maximum Gasteiger partial charge on any atom is 0.132 e. The van der Waals surface area contributed by atoms with Gasteiger partial charge in [0.05, 0.1) is 24.0 Å². The first kappa shape index (κ1) is 19.3. The van der Waals surface area contributed by atoms with Gasteiger partial charge in [-0.15, -0.1) is 0 Å². The zero-order valence-corrected chi connectivity index (χ0v) is 16.4. The molecule has 4 aromatic rings. The molecule has 0 aliphatic heterocycles. The molecule has 4 rings (SSSR count). The summed E-state index contributed by atoms with van der Waals surface area (Å²) in [5, 5.41) is 11.2. The van der Waals surface area contributed by atoms with E-state index in [0.29, 0.717) is 24.5 Å². The van der Waals surface area contributed by atoms with Crippen LogP contribution in [-0.2, 0) is 13.2 Å². The second-order valence-corrected chi connectivity index (χ2v) is 6.86. The van der Waals surface area contributed by atoms with Gasteiger partial charge in [-0.2, -0.15) is 0 Å². The number of ether oxygens (including phenoxy) is 1. The van der Waals surface area contributed by atoms with Gasteiger partial charge < -0.3 is 20.8 Å². The van der Waals surface area contributed by atoms with Crippen molar-refractivity contribution in [1.29, 1.82) is 5.41 Å². The molecular weight excluding hydrogens is 374 g/mol. The van der Waals surface area contributed by atoms with Crippen LogP contribution in [0.3, 0.4) is 0 Å². The molecule has 6 nitrogen and oxygen atoms in total. The number of aromatic nitrogens is 2. The third kappa shape index (κ3) is 4.67. The molecule has 0 unspecified atom stereocenters. The molecule has 0 saturated heterocycles. The highest BCUT2D eigenvalue weighted by Gasteiger charge is 2.09. The normalized spacial score (nSPS) is 10.5. The van der Waals surface area contributed by atoms with Crippen LogP contribution in [0.2, 0.25) is 0 Å². The number of aromatic amines is 1. The van der Waals surface area contributed by atoms with Gasteiger partial charge in [0.2, 0.25) is 0 Å². The van der Waals surface area contributed by atoms with E-state index < -0.39 is 0 Å². The van der Waals surface area contributed by atoms with Crippen molar-refractivity contribution in [1.82, 2.24) is 9.97 Å². The highest BCUT2D eigenvalue weighted by atomic mass is 16.5. The topological polar surface area (TPSA) is 99.8 Å². The largest absolute Gasteiger partial charge is 0.488 e. The van der Waals surface area contributed by atoms with E-state index in [1.54, 1.807) is 6.07 Å². The van der Waals surface area contributed by atoms with Gasteiger partial charge in [-0.3, -0.25) is 5.41 Å². The minimum absolute atomic E-state index is 0.0249. The summed E-state index contributed by atoms with van der Waals surface area (Å²) in [5.41, 5.74) is 10.3. The molecule has 0 radical (unpaired) electrons. The summed E-state index contributed by atoms with van der Waals surface area (Å²) in [6, 6.07) is 25.5. The summed E-state index contributed by atoms with van der Waals surface area (Å²) in [5.74, 6) is 1.38. The standard InChI is InChI=1S/C24H23N5O/c25-24(26)20-12-11-19(13-22(20)30-16-17-7-3-1-4-8-17)27-15-23-28-14-21(29-23)18-9-5-2-6-10-18/h1-14,27H,15-16H2,(H3,25,26)(H,28,29). The van der Waals surface area contributed by atoms with E-state index in [0.717, 1.165) is 28.3 Å². The highest BCUT2D eigenvalue weighted by Crippen LogP contribution is 2.25. The van der Waals surface area contributed by atoms with Crippen molar-refractivity contribution in [3.8, 4) is 17.0 Å². The molecule has 0 spiro atoms. The zero-order valence-electron chi connectivity index (χ0n) is 16.4. The third-order valence-corrected chi connectivity index (χ3v) is 4.68. The molecule has 1 heterocycles. The Morgan fingerprint density at radius 2 is 1.73 bits per heavy atom. The van der Waals surface area contributed by atoms with E-state index in [1.165, 1.54) is 0 Å². The number of hydrogen-bond acceptors (Lipinski definition) is 4. The smallest absolute Gasteiger partial charge is 0.132 e. The summed E-state index contributed by atoms with van der Waals surface area (Å²) in [4.78, 5) is 7.78. The number of rotatable bonds is 8. The number of benzene rings is 3. The van der Waals surface area contributed by atoms with E-state index in [-0.39, 0.29) is 5.84 Å². The van der Waals surface area contributed by atoms with Gasteiger partial charge in [-0.1, -0.05) is 60.7 Å². The molecule has 1 aromatic heterocycles. The Balaban J connectivity index is 1.45. The molecule has 3 aromatic carbocycles. The van der Waals surface area contributed by atoms with E-state index >= 15 is 0 Å². The van der Waals surface area contributed by atoms with Crippen molar-refractivity contribution in [3.63, 3.8) is 0 Å². The molecule has 0 fully saturated rings. The Kier molecular flexibility index (Phi) is 5.75. The van der Waals surface area contributed by atoms with Crippen molar-refractivity contribution in [3.05, 3.63) is 102 Å². The molecule has 6 heteroatoms. The first-order valence-corrected chi connectivity index (χ1v) is 9.67. The quantitative estimate of drug-likeness (QED) is 0.259. The van der Waals surface area contributed by atoms with Crippen molar-refractivity contribution in [2.75, 3.05) is 5.32 Å². The highest BCUT2D eigenvalue weighted by molar-refractivity contribution is 5.98. The molecule has 5 N–H and O–H groups in total. The second-order valence-electron chi connectivity index (χ2n) is 6.86. The van der Waals surface area contributed by atoms with Crippen LogP contribution in [0.1, 0.15) is 17.0 Å². The summed E-state index contributed by atoms with van der Waals surface area (Å²) in [7, 11) is 0. The fourth-order valence-corrected chi connectivity index (χ4v) is 3.11. The van der Waals surface area contributed by atoms with Crippen LogP contribution in [0.4, 0.5) is 5.69 Å². The zero-order chi connectivity index (χ0) is 20.8. The molecule has 30 heavy (non-hydrogen) atoms. The maximum absolute atomic E-state index is 7.81. The van der Waals surface area contributed by atoms with E-state index in [4.69, 9.17) is 15.9 Å². The number of nitrogen functional groups attached to an aromatic ring is 1. The minimum atomic E-state index is -0.0249. The Labute approximate surface area is 175 Å². The summed E-state index contributed by atoms with van der Waals surface area (Å²) in [6.45, 7) is 0.938. The average Bonchev–Trinajstić information content (AvgIpc) is 3.27. The Morgan fingerprint density at radius 1 is 1.00 bits per heavy atom. The Bertz CT molecular complexity index is 1120. The lowest BCUT2D eigenvalue weighted by atomic mass is 10.1. The average molecular weight is 397 g/mol. The first-order valence-electron chi connectivity index (χ1n) is 9.67. The number of imidazole rings is 1. The monoisotopic (exact) mass is 397 g/mol. The summed E-state index contributed by atoms with van der Waals surface area (Å²) >= 11 is 0. The molecule has 0 saturated carbocycles. The lowest BCUT2D eigenvalue weighted by Gasteiger charge is -2.13. The molecule has 0 bridgehead atoms.